The van der Waals surface area contributed by atoms with E-state index in [1.807, 2.05) is 29.2 Å². The molecule has 122 valence electrons. The van der Waals surface area contributed by atoms with Gasteiger partial charge in [0, 0.05) is 24.7 Å². The molecular formula is C16H22N6O. The second-order valence-electron chi connectivity index (χ2n) is 6.22. The van der Waals surface area contributed by atoms with Crippen LogP contribution in [-0.4, -0.2) is 69.1 Å². The zero-order valence-corrected chi connectivity index (χ0v) is 13.6. The maximum atomic E-state index is 13.0. The van der Waals surface area contributed by atoms with Crippen molar-refractivity contribution >= 4 is 5.91 Å². The van der Waals surface area contributed by atoms with Crippen LogP contribution in [0.1, 0.15) is 29.6 Å². The number of likely N-dealkylation sites (N-methyl/N-ethyl adjacent to an activating group) is 1. The normalized spacial score (nSPS) is 18.4. The maximum Gasteiger partial charge on any atom is 0.254 e. The van der Waals surface area contributed by atoms with Crippen LogP contribution >= 0.6 is 0 Å². The van der Waals surface area contributed by atoms with Crippen LogP contribution in [0.15, 0.2) is 30.6 Å². The zero-order valence-electron chi connectivity index (χ0n) is 13.6. The lowest BCUT2D eigenvalue weighted by Crippen LogP contribution is -2.48. The molecule has 1 atom stereocenters. The predicted molar refractivity (Wildman–Crippen MR) is 86.4 cm³/mol. The number of rotatable bonds is 4. The smallest absolute Gasteiger partial charge is 0.254 e. The van der Waals surface area contributed by atoms with Crippen LogP contribution in [-0.2, 0) is 0 Å². The first-order valence-corrected chi connectivity index (χ1v) is 7.94. The topological polar surface area (TPSA) is 67.2 Å². The number of carbonyl (C=O) groups is 1. The molecule has 7 heteroatoms. The Morgan fingerprint density at radius 3 is 2.96 bits per heavy atom. The quantitative estimate of drug-likeness (QED) is 0.849. The van der Waals surface area contributed by atoms with Crippen LogP contribution in [0.2, 0.25) is 0 Å². The lowest BCUT2D eigenvalue weighted by Gasteiger charge is -2.37. The SMILES string of the molecule is CN(C)C[C@H]1CCCCN1C(=O)c1cccc(-n2cnnn2)c1. The molecule has 3 rings (SSSR count). The summed E-state index contributed by atoms with van der Waals surface area (Å²) in [5.41, 5.74) is 1.48. The summed E-state index contributed by atoms with van der Waals surface area (Å²) in [6.45, 7) is 1.73. The first-order chi connectivity index (χ1) is 11.1. The number of hydrogen-bond acceptors (Lipinski definition) is 5. The molecule has 1 aromatic carbocycles. The highest BCUT2D eigenvalue weighted by molar-refractivity contribution is 5.95. The molecule has 0 saturated carbocycles. The largest absolute Gasteiger partial charge is 0.334 e. The van der Waals surface area contributed by atoms with E-state index in [0.29, 0.717) is 5.56 Å². The molecule has 0 bridgehead atoms. The van der Waals surface area contributed by atoms with Crippen LogP contribution in [0, 0.1) is 0 Å². The third-order valence-electron chi connectivity index (χ3n) is 4.17. The van der Waals surface area contributed by atoms with E-state index < -0.39 is 0 Å². The van der Waals surface area contributed by atoms with Crippen LogP contribution < -0.4 is 0 Å². The van der Waals surface area contributed by atoms with Gasteiger partial charge in [-0.3, -0.25) is 4.79 Å². The van der Waals surface area contributed by atoms with Crippen LogP contribution in [0.4, 0.5) is 0 Å². The van der Waals surface area contributed by atoms with Gasteiger partial charge in [0.2, 0.25) is 0 Å². The molecule has 0 aliphatic carbocycles. The standard InChI is InChI=1S/C16H22N6O/c1-20(2)11-15-7-3-4-9-21(15)16(23)13-6-5-8-14(10-13)22-12-17-18-19-22/h5-6,8,10,12,15H,3-4,7,9,11H2,1-2H3/t15-/m1/s1. The molecule has 23 heavy (non-hydrogen) atoms. The fourth-order valence-electron chi connectivity index (χ4n) is 3.11. The van der Waals surface area contributed by atoms with Crippen molar-refractivity contribution in [3.05, 3.63) is 36.2 Å². The van der Waals surface area contributed by atoms with Gasteiger partial charge in [-0.05, 0) is 62.0 Å². The highest BCUT2D eigenvalue weighted by Crippen LogP contribution is 2.21. The maximum absolute atomic E-state index is 13.0. The Hall–Kier alpha value is -2.28. The Labute approximate surface area is 135 Å². The monoisotopic (exact) mass is 314 g/mol. The van der Waals surface area contributed by atoms with E-state index in [1.54, 1.807) is 4.68 Å². The lowest BCUT2D eigenvalue weighted by molar-refractivity contribution is 0.0574. The van der Waals surface area contributed by atoms with E-state index in [-0.39, 0.29) is 11.9 Å². The summed E-state index contributed by atoms with van der Waals surface area (Å²) in [7, 11) is 4.10. The average molecular weight is 314 g/mol. The van der Waals surface area contributed by atoms with Crippen molar-refractivity contribution in [1.29, 1.82) is 0 Å². The van der Waals surface area contributed by atoms with Gasteiger partial charge in [0.1, 0.15) is 6.33 Å². The molecule has 7 nitrogen and oxygen atoms in total. The minimum atomic E-state index is 0.0893. The predicted octanol–water partition coefficient (Wildman–Crippen LogP) is 1.22. The third kappa shape index (κ3) is 3.56. The van der Waals surface area contributed by atoms with E-state index in [0.717, 1.165) is 31.6 Å². The molecule has 1 aliphatic heterocycles. The van der Waals surface area contributed by atoms with Crippen molar-refractivity contribution in [3.8, 4) is 5.69 Å². The number of likely N-dealkylation sites (tertiary alicyclic amines) is 1. The van der Waals surface area contributed by atoms with E-state index in [9.17, 15) is 4.79 Å². The summed E-state index contributed by atoms with van der Waals surface area (Å²) in [5.74, 6) is 0.0893. The van der Waals surface area contributed by atoms with Crippen LogP contribution in [0.5, 0.6) is 0 Å². The summed E-state index contributed by atoms with van der Waals surface area (Å²) >= 11 is 0. The first kappa shape index (κ1) is 15.6. The zero-order chi connectivity index (χ0) is 16.2. The molecule has 0 radical (unpaired) electrons. The van der Waals surface area contributed by atoms with E-state index in [1.165, 1.54) is 12.7 Å². The highest BCUT2D eigenvalue weighted by Gasteiger charge is 2.27. The van der Waals surface area contributed by atoms with Gasteiger partial charge in [-0.15, -0.1) is 5.10 Å². The van der Waals surface area contributed by atoms with Gasteiger partial charge in [0.15, 0.2) is 0 Å². The van der Waals surface area contributed by atoms with Gasteiger partial charge < -0.3 is 9.80 Å². The second kappa shape index (κ2) is 6.87. The number of tetrazole rings is 1. The van der Waals surface area contributed by atoms with Crippen molar-refractivity contribution in [3.63, 3.8) is 0 Å². The molecule has 1 fully saturated rings. The summed E-state index contributed by atoms with van der Waals surface area (Å²) in [5, 5.41) is 11.2. The minimum absolute atomic E-state index is 0.0893. The molecule has 1 aliphatic rings. The van der Waals surface area contributed by atoms with E-state index in [2.05, 4.69) is 34.5 Å². The Morgan fingerprint density at radius 1 is 1.35 bits per heavy atom. The Balaban J connectivity index is 1.82. The Bertz CT molecular complexity index is 654. The average Bonchev–Trinajstić information content (AvgIpc) is 3.09. The van der Waals surface area contributed by atoms with Crippen LogP contribution in [0.3, 0.4) is 0 Å². The summed E-state index contributed by atoms with van der Waals surface area (Å²) in [6, 6.07) is 7.75. The molecule has 2 aromatic rings. The summed E-state index contributed by atoms with van der Waals surface area (Å²) < 4.78 is 1.56. The van der Waals surface area contributed by atoms with Crippen molar-refractivity contribution in [1.82, 2.24) is 30.0 Å². The number of carbonyl (C=O) groups excluding carboxylic acids is 1. The molecule has 0 N–H and O–H groups in total. The number of piperidine rings is 1. The van der Waals surface area contributed by atoms with Crippen molar-refractivity contribution < 1.29 is 4.79 Å². The molecule has 0 unspecified atom stereocenters. The number of benzene rings is 1. The van der Waals surface area contributed by atoms with Gasteiger partial charge in [-0.25, -0.2) is 4.68 Å². The van der Waals surface area contributed by atoms with Gasteiger partial charge in [0.25, 0.3) is 5.91 Å². The fraction of sp³-hybridized carbons (Fsp3) is 0.500. The van der Waals surface area contributed by atoms with Gasteiger partial charge >= 0.3 is 0 Å². The molecule has 2 heterocycles. The summed E-state index contributed by atoms with van der Waals surface area (Å²) in [4.78, 5) is 17.1. The third-order valence-corrected chi connectivity index (χ3v) is 4.17. The molecular weight excluding hydrogens is 292 g/mol. The van der Waals surface area contributed by atoms with Crippen molar-refractivity contribution in [2.75, 3.05) is 27.2 Å². The number of hydrogen-bond donors (Lipinski definition) is 0. The van der Waals surface area contributed by atoms with Crippen molar-refractivity contribution in [2.45, 2.75) is 25.3 Å². The molecule has 1 aromatic heterocycles. The number of aromatic nitrogens is 4. The second-order valence-corrected chi connectivity index (χ2v) is 6.22. The molecule has 1 amide bonds. The van der Waals surface area contributed by atoms with E-state index in [4.69, 9.17) is 0 Å². The van der Waals surface area contributed by atoms with Gasteiger partial charge in [0.05, 0.1) is 5.69 Å². The Kier molecular flexibility index (Phi) is 4.66. The van der Waals surface area contributed by atoms with Crippen LogP contribution in [0.25, 0.3) is 5.69 Å². The van der Waals surface area contributed by atoms with Gasteiger partial charge in [-0.1, -0.05) is 6.07 Å². The van der Waals surface area contributed by atoms with E-state index >= 15 is 0 Å². The fourth-order valence-corrected chi connectivity index (χ4v) is 3.11. The first-order valence-electron chi connectivity index (χ1n) is 7.94. The Morgan fingerprint density at radius 2 is 2.22 bits per heavy atom. The summed E-state index contributed by atoms with van der Waals surface area (Å²) in [6.07, 6.45) is 4.85. The highest BCUT2D eigenvalue weighted by atomic mass is 16.2. The lowest BCUT2D eigenvalue weighted by atomic mass is 10.00. The number of nitrogens with zero attached hydrogens (tertiary/aromatic N) is 6. The van der Waals surface area contributed by atoms with Gasteiger partial charge in [-0.2, -0.15) is 0 Å². The minimum Gasteiger partial charge on any atom is -0.334 e. The number of amides is 1. The molecule has 1 saturated heterocycles. The van der Waals surface area contributed by atoms with Crippen molar-refractivity contribution in [2.24, 2.45) is 0 Å². The molecule has 0 spiro atoms.